The number of nitrogens with zero attached hydrogens (tertiary/aromatic N) is 2. The van der Waals surface area contributed by atoms with E-state index in [-0.39, 0.29) is 22.9 Å². The van der Waals surface area contributed by atoms with E-state index >= 15 is 0 Å². The summed E-state index contributed by atoms with van der Waals surface area (Å²) >= 11 is 1.10. The highest BCUT2D eigenvalue weighted by molar-refractivity contribution is 7.99. The van der Waals surface area contributed by atoms with E-state index < -0.39 is 17.6 Å². The number of hydrogen-bond acceptors (Lipinski definition) is 5. The van der Waals surface area contributed by atoms with Gasteiger partial charge in [0, 0.05) is 11.6 Å². The number of rotatable bonds is 5. The average Bonchev–Trinajstić information content (AvgIpc) is 2.70. The second-order valence-electron chi connectivity index (χ2n) is 6.48. The van der Waals surface area contributed by atoms with E-state index in [9.17, 15) is 18.8 Å². The third kappa shape index (κ3) is 4.80. The van der Waals surface area contributed by atoms with Crippen LogP contribution in [0.15, 0.2) is 58.5 Å². The lowest BCUT2D eigenvalue weighted by molar-refractivity contribution is -0.119. The number of thioether (sulfide) groups is 1. The first-order valence-electron chi connectivity index (χ1n) is 8.85. The van der Waals surface area contributed by atoms with Gasteiger partial charge in [-0.1, -0.05) is 23.9 Å². The summed E-state index contributed by atoms with van der Waals surface area (Å²) in [4.78, 5) is 41.3. The van der Waals surface area contributed by atoms with Crippen molar-refractivity contribution >= 4 is 34.5 Å². The first-order chi connectivity index (χ1) is 13.9. The summed E-state index contributed by atoms with van der Waals surface area (Å²) in [5, 5.41) is 0.935. The Balaban J connectivity index is 1.67. The maximum atomic E-state index is 12.9. The molecule has 3 rings (SSSR count). The van der Waals surface area contributed by atoms with Crippen molar-refractivity contribution < 1.29 is 14.0 Å². The summed E-state index contributed by atoms with van der Waals surface area (Å²) in [7, 11) is 0. The molecule has 0 radical (unpaired) electrons. The molecule has 0 aliphatic heterocycles. The van der Waals surface area contributed by atoms with Gasteiger partial charge in [-0.15, -0.1) is 0 Å². The molecule has 0 saturated carbocycles. The molecular weight excluding hydrogens is 395 g/mol. The molecule has 0 fully saturated rings. The fourth-order valence-corrected chi connectivity index (χ4v) is 3.58. The van der Waals surface area contributed by atoms with Crippen molar-refractivity contribution in [3.8, 4) is 0 Å². The van der Waals surface area contributed by atoms with Gasteiger partial charge in [-0.05, 0) is 50.2 Å². The normalized spacial score (nSPS) is 10.9. The molecule has 2 N–H and O–H groups in total. The first-order valence-corrected chi connectivity index (χ1v) is 9.84. The van der Waals surface area contributed by atoms with Crippen LogP contribution in [0.25, 0.3) is 10.9 Å². The van der Waals surface area contributed by atoms with E-state index in [0.717, 1.165) is 23.9 Å². The Kier molecular flexibility index (Phi) is 6.28. The van der Waals surface area contributed by atoms with Crippen LogP contribution in [0.5, 0.6) is 0 Å². The summed E-state index contributed by atoms with van der Waals surface area (Å²) in [6.45, 7) is 3.73. The van der Waals surface area contributed by atoms with Crippen molar-refractivity contribution in [2.75, 3.05) is 5.75 Å². The largest absolute Gasteiger partial charge is 0.285 e. The average molecular weight is 414 g/mol. The number of aromatic nitrogens is 2. The summed E-state index contributed by atoms with van der Waals surface area (Å²) < 4.78 is 14.4. The molecule has 7 nitrogen and oxygen atoms in total. The summed E-state index contributed by atoms with van der Waals surface area (Å²) in [5.74, 6) is -1.54. The van der Waals surface area contributed by atoms with Gasteiger partial charge >= 0.3 is 0 Å². The predicted octanol–water partition coefficient (Wildman–Crippen LogP) is 2.67. The highest BCUT2D eigenvalue weighted by Crippen LogP contribution is 2.20. The van der Waals surface area contributed by atoms with Crippen LogP contribution >= 0.6 is 11.8 Å². The molecule has 1 heterocycles. The van der Waals surface area contributed by atoms with E-state index in [0.29, 0.717) is 16.1 Å². The molecule has 29 heavy (non-hydrogen) atoms. The van der Waals surface area contributed by atoms with Crippen LogP contribution < -0.4 is 16.4 Å². The second kappa shape index (κ2) is 8.87. The van der Waals surface area contributed by atoms with Crippen molar-refractivity contribution in [2.45, 2.75) is 25.0 Å². The fraction of sp³-hybridized carbons (Fsp3) is 0.200. The van der Waals surface area contributed by atoms with Gasteiger partial charge in [0.05, 0.1) is 16.7 Å². The monoisotopic (exact) mass is 414 g/mol. The maximum Gasteiger partial charge on any atom is 0.269 e. The number of carbonyl (C=O) groups excluding carboxylic acids is 2. The van der Waals surface area contributed by atoms with Crippen LogP contribution in [0.2, 0.25) is 0 Å². The van der Waals surface area contributed by atoms with Gasteiger partial charge in [0.1, 0.15) is 5.82 Å². The van der Waals surface area contributed by atoms with Gasteiger partial charge < -0.3 is 0 Å². The van der Waals surface area contributed by atoms with Gasteiger partial charge in [-0.2, -0.15) is 0 Å². The van der Waals surface area contributed by atoms with Crippen molar-refractivity contribution in [3.63, 3.8) is 0 Å². The zero-order valence-electron chi connectivity index (χ0n) is 15.8. The SMILES string of the molecule is CC(C)n1c(SCC(=O)NNC(=O)c2ccc(F)cc2)nc2ccccc2c1=O. The Morgan fingerprint density at radius 1 is 1.10 bits per heavy atom. The Morgan fingerprint density at radius 2 is 1.79 bits per heavy atom. The highest BCUT2D eigenvalue weighted by atomic mass is 32.2. The standard InChI is InChI=1S/C20H19FN4O3S/c1-12(2)25-19(28)15-5-3-4-6-16(15)22-20(25)29-11-17(26)23-24-18(27)13-7-9-14(21)10-8-13/h3-10,12H,11H2,1-2H3,(H,23,26)(H,24,27). The number of para-hydroxylation sites is 1. The summed E-state index contributed by atoms with van der Waals surface area (Å²) in [6, 6.07) is 11.8. The zero-order chi connectivity index (χ0) is 21.0. The molecule has 9 heteroatoms. The van der Waals surface area contributed by atoms with Crippen LogP contribution in [-0.4, -0.2) is 27.1 Å². The molecule has 0 aliphatic carbocycles. The van der Waals surface area contributed by atoms with Gasteiger partial charge in [-0.3, -0.25) is 29.8 Å². The van der Waals surface area contributed by atoms with Crippen molar-refractivity contribution in [1.82, 2.24) is 20.4 Å². The van der Waals surface area contributed by atoms with Crippen molar-refractivity contribution in [2.24, 2.45) is 0 Å². The Hall–Kier alpha value is -3.20. The van der Waals surface area contributed by atoms with E-state index in [1.54, 1.807) is 24.3 Å². The molecule has 150 valence electrons. The molecule has 3 aromatic rings. The number of benzene rings is 2. The van der Waals surface area contributed by atoms with Crippen LogP contribution in [0, 0.1) is 5.82 Å². The molecular formula is C20H19FN4O3S. The number of hydrazine groups is 1. The van der Waals surface area contributed by atoms with Gasteiger partial charge in [0.15, 0.2) is 5.16 Å². The maximum absolute atomic E-state index is 12.9. The number of halogens is 1. The molecule has 2 aromatic carbocycles. The number of fused-ring (bicyclic) bond motifs is 1. The number of hydrogen-bond donors (Lipinski definition) is 2. The van der Waals surface area contributed by atoms with Gasteiger partial charge in [0.2, 0.25) is 5.91 Å². The molecule has 0 spiro atoms. The molecule has 2 amide bonds. The third-order valence-corrected chi connectivity index (χ3v) is 5.00. The molecule has 0 atom stereocenters. The molecule has 0 unspecified atom stereocenters. The highest BCUT2D eigenvalue weighted by Gasteiger charge is 2.15. The predicted molar refractivity (Wildman–Crippen MR) is 109 cm³/mol. The molecule has 0 saturated heterocycles. The summed E-state index contributed by atoms with van der Waals surface area (Å²) in [5.41, 5.74) is 5.17. The number of nitrogens with one attached hydrogen (secondary N) is 2. The lowest BCUT2D eigenvalue weighted by atomic mass is 10.2. The van der Waals surface area contributed by atoms with Crippen molar-refractivity contribution in [3.05, 3.63) is 70.3 Å². The fourth-order valence-electron chi connectivity index (χ4n) is 2.65. The van der Waals surface area contributed by atoms with Crippen LogP contribution in [-0.2, 0) is 4.79 Å². The Morgan fingerprint density at radius 3 is 2.48 bits per heavy atom. The minimum atomic E-state index is -0.564. The molecule has 0 aliphatic rings. The third-order valence-electron chi connectivity index (χ3n) is 4.05. The topological polar surface area (TPSA) is 93.1 Å². The second-order valence-corrected chi connectivity index (χ2v) is 7.42. The minimum absolute atomic E-state index is 0.0544. The van der Waals surface area contributed by atoms with Crippen LogP contribution in [0.3, 0.4) is 0 Å². The molecule has 1 aromatic heterocycles. The summed E-state index contributed by atoms with van der Waals surface area (Å²) in [6.07, 6.45) is 0. The number of amides is 2. The van der Waals surface area contributed by atoms with E-state index in [1.807, 2.05) is 13.8 Å². The number of carbonyl (C=O) groups is 2. The lowest BCUT2D eigenvalue weighted by Gasteiger charge is -2.16. The molecule has 0 bridgehead atoms. The van der Waals surface area contributed by atoms with E-state index in [1.165, 1.54) is 16.7 Å². The Bertz CT molecular complexity index is 1110. The van der Waals surface area contributed by atoms with Gasteiger partial charge in [-0.25, -0.2) is 9.37 Å². The van der Waals surface area contributed by atoms with E-state index in [4.69, 9.17) is 0 Å². The lowest BCUT2D eigenvalue weighted by Crippen LogP contribution is -2.42. The van der Waals surface area contributed by atoms with Gasteiger partial charge in [0.25, 0.3) is 11.5 Å². The zero-order valence-corrected chi connectivity index (χ0v) is 16.6. The van der Waals surface area contributed by atoms with Crippen molar-refractivity contribution in [1.29, 1.82) is 0 Å². The smallest absolute Gasteiger partial charge is 0.269 e. The first kappa shape index (κ1) is 20.5. The minimum Gasteiger partial charge on any atom is -0.285 e. The van der Waals surface area contributed by atoms with E-state index in [2.05, 4.69) is 15.8 Å². The Labute approximate surface area is 170 Å². The van der Waals surface area contributed by atoms with Crippen LogP contribution in [0.1, 0.15) is 30.2 Å². The quantitative estimate of drug-likeness (QED) is 0.380. The van der Waals surface area contributed by atoms with Crippen LogP contribution in [0.4, 0.5) is 4.39 Å².